The van der Waals surface area contributed by atoms with Gasteiger partial charge in [0.15, 0.2) is 0 Å². The van der Waals surface area contributed by atoms with Gasteiger partial charge in [-0.1, -0.05) is 6.07 Å². The van der Waals surface area contributed by atoms with Crippen molar-refractivity contribution in [2.75, 3.05) is 5.32 Å². The smallest absolute Gasteiger partial charge is 0.252 e. The number of benzene rings is 2. The van der Waals surface area contributed by atoms with Crippen LogP contribution in [-0.4, -0.2) is 35.1 Å². The Labute approximate surface area is 158 Å². The zero-order chi connectivity index (χ0) is 20.1. The van der Waals surface area contributed by atoms with Crippen molar-refractivity contribution >= 4 is 29.7 Å². The molecule has 1 aliphatic heterocycles. The molecule has 8 nitrogen and oxygen atoms in total. The molecular weight excluding hydrogens is 372 g/mol. The highest BCUT2D eigenvalue weighted by Gasteiger charge is 2.29. The minimum atomic E-state index is -1.05. The monoisotopic (exact) mass is 387 g/mol. The summed E-state index contributed by atoms with van der Waals surface area (Å²) in [5.41, 5.74) is 2.64. The second-order valence-corrected chi connectivity index (χ2v) is 5.79. The molecule has 0 saturated carbocycles. The van der Waals surface area contributed by atoms with E-state index in [1.54, 1.807) is 12.1 Å². The van der Waals surface area contributed by atoms with E-state index in [4.69, 9.17) is 0 Å². The number of carbonyl (C=O) groups excluding carboxylic acids is 2. The van der Waals surface area contributed by atoms with Crippen molar-refractivity contribution in [3.63, 3.8) is 0 Å². The van der Waals surface area contributed by atoms with Gasteiger partial charge in [-0.25, -0.2) is 19.2 Å². The number of hydrogen-bond acceptors (Lipinski definition) is 6. The highest BCUT2D eigenvalue weighted by atomic mass is 19.1. The molecule has 3 rings (SSSR count). The zero-order valence-electron chi connectivity index (χ0n) is 14.3. The first-order valence-electron chi connectivity index (χ1n) is 8.13. The zero-order valence-corrected chi connectivity index (χ0v) is 14.3. The van der Waals surface area contributed by atoms with Crippen molar-refractivity contribution < 1.29 is 23.5 Å². The van der Waals surface area contributed by atoms with Gasteiger partial charge in [0.2, 0.25) is 11.9 Å². The number of halogens is 2. The van der Waals surface area contributed by atoms with E-state index in [9.17, 15) is 23.5 Å². The first-order valence-corrected chi connectivity index (χ1v) is 8.13. The molecule has 1 heterocycles. The average molecular weight is 387 g/mol. The molecule has 4 N–H and O–H groups in total. The molecule has 2 aromatic rings. The van der Waals surface area contributed by atoms with Gasteiger partial charge in [-0.05, 0) is 42.0 Å². The molecule has 0 aromatic heterocycles. The van der Waals surface area contributed by atoms with Crippen LogP contribution in [0.5, 0.6) is 5.75 Å². The van der Waals surface area contributed by atoms with Crippen LogP contribution in [0.15, 0.2) is 52.6 Å². The molecule has 0 radical (unpaired) electrons. The van der Waals surface area contributed by atoms with Crippen molar-refractivity contribution in [1.82, 2.24) is 10.7 Å². The van der Waals surface area contributed by atoms with E-state index in [0.717, 1.165) is 12.1 Å². The molecule has 0 fully saturated rings. The summed E-state index contributed by atoms with van der Waals surface area (Å²) < 4.78 is 27.1. The van der Waals surface area contributed by atoms with Gasteiger partial charge in [-0.15, -0.1) is 0 Å². The molecule has 0 unspecified atom stereocenters. The summed E-state index contributed by atoms with van der Waals surface area (Å²) in [6.07, 6.45) is 1.04. The summed E-state index contributed by atoms with van der Waals surface area (Å²) in [7, 11) is 0. The third-order valence-electron chi connectivity index (χ3n) is 3.71. The number of carbonyl (C=O) groups is 2. The molecule has 0 spiro atoms. The molecule has 0 saturated heterocycles. The minimum absolute atomic E-state index is 0.0369. The van der Waals surface area contributed by atoms with Crippen LogP contribution in [-0.2, 0) is 9.59 Å². The number of nitrogens with one attached hydrogen (secondary N) is 3. The van der Waals surface area contributed by atoms with Crippen LogP contribution < -0.4 is 16.1 Å². The second-order valence-electron chi connectivity index (χ2n) is 5.79. The Morgan fingerprint density at radius 1 is 1.21 bits per heavy atom. The number of para-hydroxylation sites is 1. The average Bonchev–Trinajstić information content (AvgIpc) is 2.99. The first kappa shape index (κ1) is 19.0. The number of rotatable bonds is 5. The van der Waals surface area contributed by atoms with Gasteiger partial charge >= 0.3 is 0 Å². The van der Waals surface area contributed by atoms with Crippen LogP contribution in [0.3, 0.4) is 0 Å². The second kappa shape index (κ2) is 8.25. The van der Waals surface area contributed by atoms with Crippen LogP contribution in [0.4, 0.5) is 14.5 Å². The number of aromatic hydroxyl groups is 1. The standard InChI is InChI=1S/C18H15F2N5O3/c19-12-2-1-3-13(20)16(12)23-15(27)8-14-17(28)24-18(22-14)25-21-9-10-4-6-11(26)7-5-10/h1-7,9,14,26H,8H2,(H,23,27)(H2,22,24,25,28)/b21-9-/t14-/m0/s1. The molecular formula is C18H15F2N5O3. The van der Waals surface area contributed by atoms with Crippen molar-refractivity contribution in [2.24, 2.45) is 10.1 Å². The molecule has 2 aromatic carbocycles. The number of nitrogens with zero attached hydrogens (tertiary/aromatic N) is 2. The van der Waals surface area contributed by atoms with E-state index >= 15 is 0 Å². The van der Waals surface area contributed by atoms with Gasteiger partial charge in [0.05, 0.1) is 12.6 Å². The largest absolute Gasteiger partial charge is 0.508 e. The Kier molecular flexibility index (Phi) is 5.58. The number of hydrogen-bond donors (Lipinski definition) is 4. The third kappa shape index (κ3) is 4.67. The number of aliphatic imine (C=N–C) groups is 1. The van der Waals surface area contributed by atoms with Crippen LogP contribution >= 0.6 is 0 Å². The summed E-state index contributed by atoms with van der Waals surface area (Å²) in [5.74, 6) is -2.99. The molecule has 1 atom stereocenters. The number of guanidine groups is 1. The molecule has 0 aliphatic carbocycles. The van der Waals surface area contributed by atoms with Crippen molar-refractivity contribution in [2.45, 2.75) is 12.5 Å². The number of phenols is 1. The van der Waals surface area contributed by atoms with Crippen LogP contribution in [0.1, 0.15) is 12.0 Å². The first-order chi connectivity index (χ1) is 13.4. The predicted octanol–water partition coefficient (Wildman–Crippen LogP) is 1.48. The number of anilines is 1. The lowest BCUT2D eigenvalue weighted by Gasteiger charge is -2.08. The van der Waals surface area contributed by atoms with Gasteiger partial charge in [-0.3, -0.25) is 14.9 Å². The Morgan fingerprint density at radius 2 is 1.89 bits per heavy atom. The summed E-state index contributed by atoms with van der Waals surface area (Å²) in [4.78, 5) is 27.9. The number of phenolic OH excluding ortho intramolecular Hbond substituents is 1. The highest BCUT2D eigenvalue weighted by molar-refractivity contribution is 6.07. The molecule has 1 aliphatic rings. The Morgan fingerprint density at radius 3 is 2.57 bits per heavy atom. The lowest BCUT2D eigenvalue weighted by Crippen LogP contribution is -2.35. The maximum absolute atomic E-state index is 13.6. The van der Waals surface area contributed by atoms with Crippen LogP contribution in [0, 0.1) is 11.6 Å². The quantitative estimate of drug-likeness (QED) is 0.459. The van der Waals surface area contributed by atoms with E-state index in [2.05, 4.69) is 26.2 Å². The Bertz CT molecular complexity index is 940. The molecule has 0 bridgehead atoms. The fraction of sp³-hybridized carbons (Fsp3) is 0.111. The topological polar surface area (TPSA) is 115 Å². The normalized spacial score (nSPS) is 16.0. The molecule has 144 valence electrons. The van der Waals surface area contributed by atoms with Gasteiger partial charge in [0.25, 0.3) is 5.91 Å². The highest BCUT2D eigenvalue weighted by Crippen LogP contribution is 2.18. The van der Waals surface area contributed by atoms with E-state index in [-0.39, 0.29) is 11.7 Å². The third-order valence-corrected chi connectivity index (χ3v) is 3.71. The summed E-state index contributed by atoms with van der Waals surface area (Å²) in [6.45, 7) is 0. The minimum Gasteiger partial charge on any atom is -0.508 e. The van der Waals surface area contributed by atoms with Crippen molar-refractivity contribution in [3.8, 4) is 5.75 Å². The Balaban J connectivity index is 1.57. The lowest BCUT2D eigenvalue weighted by molar-refractivity contribution is -0.123. The van der Waals surface area contributed by atoms with Gasteiger partial charge in [0.1, 0.15) is 29.1 Å². The van der Waals surface area contributed by atoms with Crippen molar-refractivity contribution in [3.05, 3.63) is 59.7 Å². The van der Waals surface area contributed by atoms with E-state index in [1.165, 1.54) is 24.4 Å². The van der Waals surface area contributed by atoms with Crippen LogP contribution in [0.2, 0.25) is 0 Å². The number of amides is 2. The summed E-state index contributed by atoms with van der Waals surface area (Å²) in [5, 5.41) is 17.6. The fourth-order valence-corrected chi connectivity index (χ4v) is 2.35. The predicted molar refractivity (Wildman–Crippen MR) is 97.8 cm³/mol. The maximum atomic E-state index is 13.6. The number of hydrazone groups is 1. The van der Waals surface area contributed by atoms with E-state index < -0.39 is 41.6 Å². The van der Waals surface area contributed by atoms with Gasteiger partial charge in [-0.2, -0.15) is 5.10 Å². The molecule has 28 heavy (non-hydrogen) atoms. The fourth-order valence-electron chi connectivity index (χ4n) is 2.35. The SMILES string of the molecule is O=C(C[C@@H]1N=C(N/N=C\c2ccc(O)cc2)NC1=O)Nc1c(F)cccc1F. The Hall–Kier alpha value is -3.82. The van der Waals surface area contributed by atoms with Gasteiger partial charge in [0, 0.05) is 0 Å². The lowest BCUT2D eigenvalue weighted by atomic mass is 10.2. The molecule has 10 heteroatoms. The van der Waals surface area contributed by atoms with Crippen molar-refractivity contribution in [1.29, 1.82) is 0 Å². The molecule has 2 amide bonds. The van der Waals surface area contributed by atoms with Crippen LogP contribution in [0.25, 0.3) is 0 Å². The maximum Gasteiger partial charge on any atom is 0.252 e. The summed E-state index contributed by atoms with van der Waals surface area (Å²) >= 11 is 0. The van der Waals surface area contributed by atoms with E-state index in [1.807, 2.05) is 0 Å². The van der Waals surface area contributed by atoms with E-state index in [0.29, 0.717) is 5.56 Å². The summed E-state index contributed by atoms with van der Waals surface area (Å²) in [6, 6.07) is 8.37. The van der Waals surface area contributed by atoms with Gasteiger partial charge < -0.3 is 10.4 Å².